The summed E-state index contributed by atoms with van der Waals surface area (Å²) in [6.07, 6.45) is 3.22. The molecule has 0 aromatic rings. The number of hydrogen-bond donors (Lipinski definition) is 1. The molecule has 3 heteroatoms. The number of nitrogens with one attached hydrogen (secondary N) is 1. The van der Waals surface area contributed by atoms with Gasteiger partial charge in [0.25, 0.3) is 0 Å². The topological polar surface area (TPSA) is 29.1 Å². The molecule has 1 amide bonds. The molecule has 14 heavy (non-hydrogen) atoms. The molecule has 1 saturated heterocycles. The van der Waals surface area contributed by atoms with Crippen LogP contribution in [-0.2, 0) is 4.79 Å². The molecule has 1 unspecified atom stereocenters. The molecule has 0 saturated carbocycles. The highest BCUT2D eigenvalue weighted by Crippen LogP contribution is 2.25. The van der Waals surface area contributed by atoms with Crippen molar-refractivity contribution in [2.24, 2.45) is 5.92 Å². The normalized spacial score (nSPS) is 23.2. The molecular weight excluding hydrogens is 194 g/mol. The van der Waals surface area contributed by atoms with Gasteiger partial charge in [-0.25, -0.2) is 0 Å². The Morgan fingerprint density at radius 1 is 1.50 bits per heavy atom. The second-order valence-electron chi connectivity index (χ2n) is 5.09. The van der Waals surface area contributed by atoms with Crippen molar-refractivity contribution in [3.05, 3.63) is 0 Å². The Kier molecular flexibility index (Phi) is 4.30. The van der Waals surface area contributed by atoms with Crippen molar-refractivity contribution in [3.63, 3.8) is 0 Å². The van der Waals surface area contributed by atoms with E-state index < -0.39 is 0 Å². The van der Waals surface area contributed by atoms with Crippen LogP contribution in [0.4, 0.5) is 0 Å². The lowest BCUT2D eigenvalue weighted by atomic mass is 10.00. The summed E-state index contributed by atoms with van der Waals surface area (Å²) >= 11 is 1.98. The van der Waals surface area contributed by atoms with Gasteiger partial charge in [-0.15, -0.1) is 0 Å². The molecule has 1 atom stereocenters. The van der Waals surface area contributed by atoms with Crippen molar-refractivity contribution in [3.8, 4) is 0 Å². The van der Waals surface area contributed by atoms with Crippen molar-refractivity contribution in [1.82, 2.24) is 5.32 Å². The fourth-order valence-electron chi connectivity index (χ4n) is 1.70. The summed E-state index contributed by atoms with van der Waals surface area (Å²) < 4.78 is 0. The maximum absolute atomic E-state index is 11.6. The first-order chi connectivity index (χ1) is 6.47. The molecule has 0 aliphatic carbocycles. The minimum Gasteiger partial charge on any atom is -0.352 e. The maximum atomic E-state index is 11.6. The van der Waals surface area contributed by atoms with Crippen molar-refractivity contribution < 1.29 is 4.79 Å². The highest BCUT2D eigenvalue weighted by molar-refractivity contribution is 7.99. The lowest BCUT2D eigenvalue weighted by molar-refractivity contribution is -0.123. The summed E-state index contributed by atoms with van der Waals surface area (Å²) in [4.78, 5) is 11.6. The largest absolute Gasteiger partial charge is 0.352 e. The molecule has 82 valence electrons. The average molecular weight is 215 g/mol. The Bertz CT molecular complexity index is 192. The van der Waals surface area contributed by atoms with E-state index in [2.05, 4.69) is 5.32 Å². The molecule has 1 aliphatic rings. The molecule has 1 rings (SSSR count). The summed E-state index contributed by atoms with van der Waals surface area (Å²) in [5.41, 5.74) is -0.0844. The lowest BCUT2D eigenvalue weighted by Gasteiger charge is -2.24. The van der Waals surface area contributed by atoms with Gasteiger partial charge in [-0.2, -0.15) is 11.8 Å². The van der Waals surface area contributed by atoms with Crippen LogP contribution < -0.4 is 5.32 Å². The minimum absolute atomic E-state index is 0.0844. The summed E-state index contributed by atoms with van der Waals surface area (Å²) in [7, 11) is 0. The lowest BCUT2D eigenvalue weighted by Crippen LogP contribution is -2.41. The van der Waals surface area contributed by atoms with Crippen LogP contribution in [0.1, 0.15) is 40.0 Å². The molecule has 1 fully saturated rings. The molecule has 1 heterocycles. The van der Waals surface area contributed by atoms with Crippen LogP contribution in [0.5, 0.6) is 0 Å². The van der Waals surface area contributed by atoms with Gasteiger partial charge in [0.05, 0.1) is 0 Å². The summed E-state index contributed by atoms with van der Waals surface area (Å²) in [5.74, 6) is 3.26. The molecule has 0 bridgehead atoms. The third-order valence-corrected chi connectivity index (χ3v) is 3.53. The highest BCUT2D eigenvalue weighted by Gasteiger charge is 2.20. The standard InChI is InChI=1S/C11H21NOS/c1-11(2,3)12-10(13)7-9-5-4-6-14-8-9/h9H,4-8H2,1-3H3,(H,12,13). The van der Waals surface area contributed by atoms with Gasteiger partial charge in [-0.05, 0) is 51.0 Å². The van der Waals surface area contributed by atoms with Crippen LogP contribution in [0.2, 0.25) is 0 Å². The maximum Gasteiger partial charge on any atom is 0.220 e. The number of carbonyl (C=O) groups excluding carboxylic acids is 1. The van der Waals surface area contributed by atoms with Crippen molar-refractivity contribution in [2.75, 3.05) is 11.5 Å². The molecule has 1 aliphatic heterocycles. The van der Waals surface area contributed by atoms with Crippen LogP contribution >= 0.6 is 11.8 Å². The number of hydrogen-bond acceptors (Lipinski definition) is 2. The van der Waals surface area contributed by atoms with E-state index in [1.807, 2.05) is 32.5 Å². The molecule has 0 aromatic carbocycles. The van der Waals surface area contributed by atoms with Crippen molar-refractivity contribution >= 4 is 17.7 Å². The van der Waals surface area contributed by atoms with E-state index >= 15 is 0 Å². The Balaban J connectivity index is 2.25. The second kappa shape index (κ2) is 5.06. The zero-order chi connectivity index (χ0) is 10.6. The Morgan fingerprint density at radius 3 is 2.71 bits per heavy atom. The smallest absolute Gasteiger partial charge is 0.220 e. The van der Waals surface area contributed by atoms with Crippen LogP contribution in [-0.4, -0.2) is 23.0 Å². The van der Waals surface area contributed by atoms with Crippen LogP contribution in [0.3, 0.4) is 0 Å². The van der Waals surface area contributed by atoms with Gasteiger partial charge in [0, 0.05) is 12.0 Å². The first-order valence-electron chi connectivity index (χ1n) is 5.36. The van der Waals surface area contributed by atoms with Crippen molar-refractivity contribution in [2.45, 2.75) is 45.6 Å². The molecule has 0 aromatic heterocycles. The third kappa shape index (κ3) is 4.89. The van der Waals surface area contributed by atoms with Gasteiger partial charge in [0.15, 0.2) is 0 Å². The fourth-order valence-corrected chi connectivity index (χ4v) is 2.86. The Hall–Kier alpha value is -0.180. The van der Waals surface area contributed by atoms with Crippen molar-refractivity contribution in [1.29, 1.82) is 0 Å². The molecule has 1 N–H and O–H groups in total. The van der Waals surface area contributed by atoms with Crippen LogP contribution in [0.15, 0.2) is 0 Å². The van der Waals surface area contributed by atoms with Gasteiger partial charge in [0.2, 0.25) is 5.91 Å². The minimum atomic E-state index is -0.0844. The van der Waals surface area contributed by atoms with Gasteiger partial charge in [0.1, 0.15) is 0 Å². The number of carbonyl (C=O) groups is 1. The van der Waals surface area contributed by atoms with Crippen LogP contribution in [0, 0.1) is 5.92 Å². The Morgan fingerprint density at radius 2 is 2.21 bits per heavy atom. The predicted molar refractivity (Wildman–Crippen MR) is 62.6 cm³/mol. The summed E-state index contributed by atoms with van der Waals surface area (Å²) in [6.45, 7) is 6.08. The van der Waals surface area contributed by atoms with E-state index in [4.69, 9.17) is 0 Å². The third-order valence-electron chi connectivity index (χ3n) is 2.24. The summed E-state index contributed by atoms with van der Waals surface area (Å²) in [6, 6.07) is 0. The first kappa shape index (κ1) is 11.9. The zero-order valence-electron chi connectivity index (χ0n) is 9.43. The fraction of sp³-hybridized carbons (Fsp3) is 0.909. The molecule has 0 radical (unpaired) electrons. The molecule has 0 spiro atoms. The monoisotopic (exact) mass is 215 g/mol. The highest BCUT2D eigenvalue weighted by atomic mass is 32.2. The average Bonchev–Trinajstić information content (AvgIpc) is 2.02. The number of amides is 1. The summed E-state index contributed by atoms with van der Waals surface area (Å²) in [5, 5.41) is 3.02. The van der Waals surface area contributed by atoms with Crippen LogP contribution in [0.25, 0.3) is 0 Å². The molecular formula is C11H21NOS. The number of rotatable bonds is 2. The van der Waals surface area contributed by atoms with Gasteiger partial charge < -0.3 is 5.32 Å². The second-order valence-corrected chi connectivity index (χ2v) is 6.24. The first-order valence-corrected chi connectivity index (χ1v) is 6.51. The van der Waals surface area contributed by atoms with E-state index in [-0.39, 0.29) is 11.4 Å². The van der Waals surface area contributed by atoms with Gasteiger partial charge >= 0.3 is 0 Å². The zero-order valence-corrected chi connectivity index (χ0v) is 10.2. The number of thioether (sulfide) groups is 1. The van der Waals surface area contributed by atoms with E-state index in [0.717, 1.165) is 5.75 Å². The van der Waals surface area contributed by atoms with Gasteiger partial charge in [-0.1, -0.05) is 0 Å². The predicted octanol–water partition coefficient (Wildman–Crippen LogP) is 2.43. The quantitative estimate of drug-likeness (QED) is 0.766. The van der Waals surface area contributed by atoms with E-state index in [1.54, 1.807) is 0 Å². The van der Waals surface area contributed by atoms with Gasteiger partial charge in [-0.3, -0.25) is 4.79 Å². The van der Waals surface area contributed by atoms with E-state index in [0.29, 0.717) is 12.3 Å². The van der Waals surface area contributed by atoms with E-state index in [1.165, 1.54) is 18.6 Å². The molecule has 2 nitrogen and oxygen atoms in total. The SMILES string of the molecule is CC(C)(C)NC(=O)CC1CCCSC1. The van der Waals surface area contributed by atoms with E-state index in [9.17, 15) is 4.79 Å². The Labute approximate surface area is 91.2 Å².